The van der Waals surface area contributed by atoms with Crippen molar-refractivity contribution < 1.29 is 0 Å². The van der Waals surface area contributed by atoms with Crippen molar-refractivity contribution in [2.75, 3.05) is 51.2 Å². The minimum atomic E-state index is 0.479. The lowest BCUT2D eigenvalue weighted by Crippen LogP contribution is -2.41. The molecule has 4 nitrogen and oxygen atoms in total. The molecule has 3 heterocycles. The molecule has 0 radical (unpaired) electrons. The zero-order valence-corrected chi connectivity index (χ0v) is 14.1. The van der Waals surface area contributed by atoms with E-state index in [1.807, 2.05) is 12.4 Å². The molecule has 4 heteroatoms. The van der Waals surface area contributed by atoms with Crippen LogP contribution >= 0.6 is 0 Å². The molecule has 1 N–H and O–H groups in total. The lowest BCUT2D eigenvalue weighted by atomic mass is 9.88. The van der Waals surface area contributed by atoms with Crippen LogP contribution in [0.15, 0.2) is 24.5 Å². The average molecular weight is 302 g/mol. The van der Waals surface area contributed by atoms with E-state index in [1.54, 1.807) is 0 Å². The Balaban J connectivity index is 1.43. The van der Waals surface area contributed by atoms with Crippen LogP contribution in [-0.4, -0.2) is 56.2 Å². The first kappa shape index (κ1) is 15.8. The predicted molar refractivity (Wildman–Crippen MR) is 92.3 cm³/mol. The van der Waals surface area contributed by atoms with Crippen molar-refractivity contribution in [3.63, 3.8) is 0 Å². The smallest absolute Gasteiger partial charge is 0.0397 e. The number of piperidine rings is 1. The summed E-state index contributed by atoms with van der Waals surface area (Å²) in [5.74, 6) is 0.848. The average Bonchev–Trinajstić information content (AvgIpc) is 2.95. The van der Waals surface area contributed by atoms with Crippen LogP contribution in [-0.2, 0) is 0 Å². The summed E-state index contributed by atoms with van der Waals surface area (Å²) >= 11 is 0. The molecule has 0 saturated carbocycles. The molecule has 3 rings (SSSR count). The number of anilines is 1. The van der Waals surface area contributed by atoms with Crippen molar-refractivity contribution in [3.05, 3.63) is 24.5 Å². The number of rotatable bonds is 5. The van der Waals surface area contributed by atoms with Crippen LogP contribution in [0.3, 0.4) is 0 Å². The van der Waals surface area contributed by atoms with Crippen LogP contribution in [0, 0.1) is 11.3 Å². The van der Waals surface area contributed by atoms with Gasteiger partial charge >= 0.3 is 0 Å². The van der Waals surface area contributed by atoms with Gasteiger partial charge in [-0.1, -0.05) is 6.92 Å². The monoisotopic (exact) mass is 302 g/mol. The van der Waals surface area contributed by atoms with E-state index in [-0.39, 0.29) is 0 Å². The van der Waals surface area contributed by atoms with E-state index in [9.17, 15) is 0 Å². The summed E-state index contributed by atoms with van der Waals surface area (Å²) in [5, 5.41) is 3.51. The van der Waals surface area contributed by atoms with Gasteiger partial charge in [0.05, 0.1) is 0 Å². The first-order chi connectivity index (χ1) is 10.6. The van der Waals surface area contributed by atoms with E-state index in [2.05, 4.69) is 46.2 Å². The van der Waals surface area contributed by atoms with Crippen LogP contribution in [0.1, 0.15) is 26.2 Å². The molecule has 0 amide bonds. The molecule has 0 spiro atoms. The number of nitrogens with one attached hydrogen (secondary N) is 1. The third-order valence-corrected chi connectivity index (χ3v) is 5.32. The van der Waals surface area contributed by atoms with Gasteiger partial charge in [-0.25, -0.2) is 0 Å². The zero-order chi connectivity index (χ0) is 15.4. The van der Waals surface area contributed by atoms with Gasteiger partial charge in [0.25, 0.3) is 0 Å². The minimum absolute atomic E-state index is 0.479. The van der Waals surface area contributed by atoms with Gasteiger partial charge in [0.1, 0.15) is 0 Å². The maximum atomic E-state index is 4.11. The molecular formula is C18H30N4. The molecule has 0 aliphatic carbocycles. The quantitative estimate of drug-likeness (QED) is 0.904. The molecule has 1 atom stereocenters. The Labute approximate surface area is 134 Å². The highest BCUT2D eigenvalue weighted by atomic mass is 15.2. The molecule has 2 aliphatic heterocycles. The second-order valence-corrected chi connectivity index (χ2v) is 7.57. The van der Waals surface area contributed by atoms with Gasteiger partial charge in [-0.3, -0.25) is 4.98 Å². The van der Waals surface area contributed by atoms with Gasteiger partial charge < -0.3 is 15.1 Å². The summed E-state index contributed by atoms with van der Waals surface area (Å²) in [4.78, 5) is 9.18. The van der Waals surface area contributed by atoms with Gasteiger partial charge in [-0.15, -0.1) is 0 Å². The number of hydrogen-bond donors (Lipinski definition) is 1. The molecule has 1 unspecified atom stereocenters. The van der Waals surface area contributed by atoms with Crippen LogP contribution in [0.25, 0.3) is 0 Å². The summed E-state index contributed by atoms with van der Waals surface area (Å²) < 4.78 is 0. The topological polar surface area (TPSA) is 31.4 Å². The van der Waals surface area contributed by atoms with Gasteiger partial charge in [0.15, 0.2) is 0 Å². The molecule has 1 aromatic heterocycles. The van der Waals surface area contributed by atoms with E-state index in [0.29, 0.717) is 5.41 Å². The van der Waals surface area contributed by atoms with Gasteiger partial charge in [0, 0.05) is 50.8 Å². The maximum Gasteiger partial charge on any atom is 0.0397 e. The van der Waals surface area contributed by atoms with E-state index in [1.165, 1.54) is 64.2 Å². The Bertz CT molecular complexity index is 447. The normalized spacial score (nSPS) is 26.8. The van der Waals surface area contributed by atoms with Crippen molar-refractivity contribution in [2.45, 2.75) is 26.2 Å². The lowest BCUT2D eigenvalue weighted by molar-refractivity contribution is 0.175. The summed E-state index contributed by atoms with van der Waals surface area (Å²) in [5.41, 5.74) is 1.80. The summed E-state index contributed by atoms with van der Waals surface area (Å²) in [6.07, 6.45) is 7.72. The lowest BCUT2D eigenvalue weighted by Gasteiger charge is -2.37. The Hall–Kier alpha value is -1.13. The minimum Gasteiger partial charge on any atom is -0.371 e. The number of nitrogens with zero attached hydrogens (tertiary/aromatic N) is 3. The van der Waals surface area contributed by atoms with E-state index in [4.69, 9.17) is 0 Å². The molecule has 22 heavy (non-hydrogen) atoms. The van der Waals surface area contributed by atoms with Gasteiger partial charge in [-0.2, -0.15) is 0 Å². The number of aromatic nitrogens is 1. The molecule has 0 aromatic carbocycles. The Morgan fingerprint density at radius 2 is 2.05 bits per heavy atom. The van der Waals surface area contributed by atoms with Crippen molar-refractivity contribution in [1.29, 1.82) is 0 Å². The molecule has 1 aromatic rings. The number of pyridine rings is 1. The largest absolute Gasteiger partial charge is 0.371 e. The molecule has 122 valence electrons. The maximum absolute atomic E-state index is 4.11. The van der Waals surface area contributed by atoms with Crippen LogP contribution in [0.5, 0.6) is 0 Å². The fraction of sp³-hybridized carbons (Fsp3) is 0.722. The van der Waals surface area contributed by atoms with Crippen molar-refractivity contribution in [3.8, 4) is 0 Å². The standard InChI is InChI=1S/C18H30N4/c1-18(7-10-20-14-18)15-21(2)13-16-5-11-22(12-6-16)17-3-8-19-9-4-17/h3-4,8-9,16,20H,5-7,10-15H2,1-2H3. The van der Waals surface area contributed by atoms with Gasteiger partial charge in [0.2, 0.25) is 0 Å². The van der Waals surface area contributed by atoms with E-state index in [0.717, 1.165) is 5.92 Å². The summed E-state index contributed by atoms with van der Waals surface area (Å²) in [7, 11) is 2.30. The molecular weight excluding hydrogens is 272 g/mol. The van der Waals surface area contributed by atoms with Crippen LogP contribution in [0.2, 0.25) is 0 Å². The highest BCUT2D eigenvalue weighted by Gasteiger charge is 2.30. The number of hydrogen-bond acceptors (Lipinski definition) is 4. The summed E-state index contributed by atoms with van der Waals surface area (Å²) in [6.45, 7) is 9.63. The van der Waals surface area contributed by atoms with Gasteiger partial charge in [-0.05, 0) is 56.3 Å². The predicted octanol–water partition coefficient (Wildman–Crippen LogP) is 2.23. The SMILES string of the molecule is CN(CC1CCN(c2ccncc2)CC1)CC1(C)CCNC1. The Morgan fingerprint density at radius 1 is 1.32 bits per heavy atom. The molecule has 2 fully saturated rings. The third kappa shape index (κ3) is 3.99. The first-order valence-electron chi connectivity index (χ1n) is 8.69. The second kappa shape index (κ2) is 6.97. The molecule has 2 saturated heterocycles. The van der Waals surface area contributed by atoms with E-state index >= 15 is 0 Å². The second-order valence-electron chi connectivity index (χ2n) is 7.57. The molecule has 0 bridgehead atoms. The Kier molecular flexibility index (Phi) is 4.99. The first-order valence-corrected chi connectivity index (χ1v) is 8.69. The van der Waals surface area contributed by atoms with Crippen LogP contribution in [0.4, 0.5) is 5.69 Å². The van der Waals surface area contributed by atoms with E-state index < -0.39 is 0 Å². The highest BCUT2D eigenvalue weighted by molar-refractivity contribution is 5.44. The van der Waals surface area contributed by atoms with Crippen molar-refractivity contribution in [2.24, 2.45) is 11.3 Å². The van der Waals surface area contributed by atoms with Crippen molar-refractivity contribution >= 4 is 5.69 Å². The summed E-state index contributed by atoms with van der Waals surface area (Å²) in [6, 6.07) is 4.25. The zero-order valence-electron chi connectivity index (χ0n) is 14.1. The fourth-order valence-corrected chi connectivity index (χ4v) is 4.09. The third-order valence-electron chi connectivity index (χ3n) is 5.32. The highest BCUT2D eigenvalue weighted by Crippen LogP contribution is 2.27. The Morgan fingerprint density at radius 3 is 2.68 bits per heavy atom. The van der Waals surface area contributed by atoms with Crippen molar-refractivity contribution in [1.82, 2.24) is 15.2 Å². The fourth-order valence-electron chi connectivity index (χ4n) is 4.09. The molecule has 2 aliphatic rings. The van der Waals surface area contributed by atoms with Crippen LogP contribution < -0.4 is 10.2 Å².